The van der Waals surface area contributed by atoms with Crippen molar-refractivity contribution in [2.45, 2.75) is 11.9 Å². The lowest BCUT2D eigenvalue weighted by Gasteiger charge is -2.34. The molecular formula is C17H20N4O4S. The van der Waals surface area contributed by atoms with Crippen LogP contribution in [0.15, 0.2) is 40.0 Å². The summed E-state index contributed by atoms with van der Waals surface area (Å²) in [6.45, 7) is 4.15. The maximum atomic E-state index is 12.3. The predicted molar refractivity (Wildman–Crippen MR) is 95.6 cm³/mol. The van der Waals surface area contributed by atoms with Gasteiger partial charge in [-0.25, -0.2) is 4.79 Å². The third kappa shape index (κ3) is 4.54. The second-order valence-electron chi connectivity index (χ2n) is 5.59. The molecule has 26 heavy (non-hydrogen) atoms. The van der Waals surface area contributed by atoms with Gasteiger partial charge in [-0.15, -0.1) is 10.2 Å². The van der Waals surface area contributed by atoms with Crippen LogP contribution in [-0.2, 0) is 9.53 Å². The first kappa shape index (κ1) is 18.2. The molecule has 0 bridgehead atoms. The molecule has 0 aromatic carbocycles. The highest BCUT2D eigenvalue weighted by atomic mass is 32.2. The lowest BCUT2D eigenvalue weighted by molar-refractivity contribution is -0.129. The van der Waals surface area contributed by atoms with E-state index in [0.29, 0.717) is 49.3 Å². The highest BCUT2D eigenvalue weighted by Gasteiger charge is 2.24. The van der Waals surface area contributed by atoms with Gasteiger partial charge < -0.3 is 19.0 Å². The fourth-order valence-corrected chi connectivity index (χ4v) is 3.25. The van der Waals surface area contributed by atoms with E-state index >= 15 is 0 Å². The predicted octanol–water partition coefficient (Wildman–Crippen LogP) is 2.13. The number of carbonyl (C=O) groups excluding carboxylic acids is 2. The molecular weight excluding hydrogens is 356 g/mol. The van der Waals surface area contributed by atoms with E-state index in [4.69, 9.17) is 9.15 Å². The van der Waals surface area contributed by atoms with Gasteiger partial charge in [0.1, 0.15) is 10.7 Å². The van der Waals surface area contributed by atoms with E-state index in [-0.39, 0.29) is 17.8 Å². The highest BCUT2D eigenvalue weighted by Crippen LogP contribution is 2.20. The molecule has 0 radical (unpaired) electrons. The molecule has 9 heteroatoms. The Morgan fingerprint density at radius 1 is 1.15 bits per heavy atom. The van der Waals surface area contributed by atoms with Gasteiger partial charge in [-0.05, 0) is 31.2 Å². The van der Waals surface area contributed by atoms with Gasteiger partial charge in [-0.3, -0.25) is 4.79 Å². The average Bonchev–Trinajstić information content (AvgIpc) is 3.21. The van der Waals surface area contributed by atoms with Crippen molar-refractivity contribution in [3.63, 3.8) is 0 Å². The first-order chi connectivity index (χ1) is 12.7. The van der Waals surface area contributed by atoms with Crippen LogP contribution in [0, 0.1) is 0 Å². The average molecular weight is 376 g/mol. The van der Waals surface area contributed by atoms with Crippen LogP contribution in [0.5, 0.6) is 0 Å². The van der Waals surface area contributed by atoms with Gasteiger partial charge in [0.25, 0.3) is 0 Å². The van der Waals surface area contributed by atoms with Gasteiger partial charge in [-0.1, -0.05) is 11.8 Å². The monoisotopic (exact) mass is 376 g/mol. The smallest absolute Gasteiger partial charge is 0.409 e. The van der Waals surface area contributed by atoms with Crippen LogP contribution in [0.25, 0.3) is 11.5 Å². The zero-order chi connectivity index (χ0) is 18.4. The van der Waals surface area contributed by atoms with Crippen LogP contribution in [0.2, 0.25) is 0 Å². The SMILES string of the molecule is CCOC(=O)N1CCN(C(=O)CSc2ccc(-c3ccco3)nn2)CC1. The number of nitrogens with zero attached hydrogens (tertiary/aromatic N) is 4. The molecule has 2 aromatic heterocycles. The van der Waals surface area contributed by atoms with Crippen LogP contribution in [0.3, 0.4) is 0 Å². The Labute approximate surface area is 155 Å². The summed E-state index contributed by atoms with van der Waals surface area (Å²) in [6, 6.07) is 7.24. The second kappa shape index (κ2) is 8.70. The molecule has 0 spiro atoms. The summed E-state index contributed by atoms with van der Waals surface area (Å²) < 4.78 is 10.2. The number of amides is 2. The molecule has 0 saturated carbocycles. The summed E-state index contributed by atoms with van der Waals surface area (Å²) >= 11 is 1.34. The minimum Gasteiger partial charge on any atom is -0.463 e. The topological polar surface area (TPSA) is 88.8 Å². The second-order valence-corrected chi connectivity index (χ2v) is 6.59. The highest BCUT2D eigenvalue weighted by molar-refractivity contribution is 7.99. The van der Waals surface area contributed by atoms with Crippen LogP contribution >= 0.6 is 11.8 Å². The van der Waals surface area contributed by atoms with Gasteiger partial charge in [0.2, 0.25) is 5.91 Å². The minimum atomic E-state index is -0.319. The lowest BCUT2D eigenvalue weighted by Crippen LogP contribution is -2.51. The quantitative estimate of drug-likeness (QED) is 0.739. The van der Waals surface area contributed by atoms with Crippen molar-refractivity contribution >= 4 is 23.8 Å². The molecule has 1 fully saturated rings. The Hall–Kier alpha value is -2.55. The molecule has 138 valence electrons. The fourth-order valence-electron chi connectivity index (χ4n) is 2.53. The van der Waals surface area contributed by atoms with Crippen LogP contribution in [-0.4, -0.2) is 70.5 Å². The Morgan fingerprint density at radius 2 is 1.92 bits per heavy atom. The van der Waals surface area contributed by atoms with E-state index in [1.54, 1.807) is 29.1 Å². The Morgan fingerprint density at radius 3 is 2.54 bits per heavy atom. The minimum absolute atomic E-state index is 0.0235. The zero-order valence-electron chi connectivity index (χ0n) is 14.5. The molecule has 3 heterocycles. The lowest BCUT2D eigenvalue weighted by atomic mass is 10.3. The van der Waals surface area contributed by atoms with Crippen molar-refractivity contribution in [3.05, 3.63) is 30.5 Å². The molecule has 3 rings (SSSR count). The van der Waals surface area contributed by atoms with Crippen molar-refractivity contribution in [3.8, 4) is 11.5 Å². The van der Waals surface area contributed by atoms with E-state index in [1.165, 1.54) is 11.8 Å². The van der Waals surface area contributed by atoms with E-state index in [0.717, 1.165) is 0 Å². The van der Waals surface area contributed by atoms with Crippen LogP contribution in [0.4, 0.5) is 4.79 Å². The molecule has 8 nitrogen and oxygen atoms in total. The molecule has 2 amide bonds. The van der Waals surface area contributed by atoms with Gasteiger partial charge in [0.05, 0.1) is 18.6 Å². The summed E-state index contributed by atoms with van der Waals surface area (Å²) in [6.07, 6.45) is 1.26. The molecule has 0 atom stereocenters. The number of furan rings is 1. The number of carbonyl (C=O) groups is 2. The Balaban J connectivity index is 1.45. The molecule has 0 unspecified atom stereocenters. The van der Waals surface area contributed by atoms with Crippen LogP contribution in [0.1, 0.15) is 6.92 Å². The summed E-state index contributed by atoms with van der Waals surface area (Å²) in [7, 11) is 0. The maximum absolute atomic E-state index is 12.3. The number of piperazine rings is 1. The number of thioether (sulfide) groups is 1. The summed E-state index contributed by atoms with van der Waals surface area (Å²) in [5.41, 5.74) is 0.653. The van der Waals surface area contributed by atoms with Crippen molar-refractivity contribution in [1.29, 1.82) is 0 Å². The maximum Gasteiger partial charge on any atom is 0.409 e. The number of hydrogen-bond donors (Lipinski definition) is 0. The molecule has 1 saturated heterocycles. The van der Waals surface area contributed by atoms with E-state index < -0.39 is 0 Å². The standard InChI is InChI=1S/C17H20N4O4S/c1-2-24-17(23)21-9-7-20(8-10-21)16(22)12-26-15-6-5-13(18-19-15)14-4-3-11-25-14/h3-6,11H,2,7-10,12H2,1H3. The number of rotatable bonds is 5. The molecule has 0 N–H and O–H groups in total. The van der Waals surface area contributed by atoms with Gasteiger partial charge in [-0.2, -0.15) is 0 Å². The largest absolute Gasteiger partial charge is 0.463 e. The van der Waals surface area contributed by atoms with Crippen molar-refractivity contribution in [2.75, 3.05) is 38.5 Å². The number of aromatic nitrogens is 2. The van der Waals surface area contributed by atoms with E-state index in [1.807, 2.05) is 18.2 Å². The third-order valence-electron chi connectivity index (χ3n) is 3.92. The number of hydrogen-bond acceptors (Lipinski definition) is 7. The van der Waals surface area contributed by atoms with Crippen molar-refractivity contribution in [2.24, 2.45) is 0 Å². The Kier molecular flexibility index (Phi) is 6.11. The van der Waals surface area contributed by atoms with Gasteiger partial charge in [0.15, 0.2) is 5.76 Å². The van der Waals surface area contributed by atoms with Gasteiger partial charge in [0, 0.05) is 26.2 Å². The van der Waals surface area contributed by atoms with Crippen molar-refractivity contribution in [1.82, 2.24) is 20.0 Å². The molecule has 1 aliphatic heterocycles. The molecule has 0 aliphatic carbocycles. The number of ether oxygens (including phenoxy) is 1. The molecule has 2 aromatic rings. The third-order valence-corrected chi connectivity index (χ3v) is 4.82. The van der Waals surface area contributed by atoms with Gasteiger partial charge >= 0.3 is 6.09 Å². The van der Waals surface area contributed by atoms with E-state index in [9.17, 15) is 9.59 Å². The summed E-state index contributed by atoms with van der Waals surface area (Å²) in [4.78, 5) is 27.4. The van der Waals surface area contributed by atoms with Crippen molar-refractivity contribution < 1.29 is 18.7 Å². The summed E-state index contributed by atoms with van der Waals surface area (Å²) in [5.74, 6) is 0.966. The summed E-state index contributed by atoms with van der Waals surface area (Å²) in [5, 5.41) is 8.91. The van der Waals surface area contributed by atoms with Crippen LogP contribution < -0.4 is 0 Å². The Bertz CT molecular complexity index is 728. The normalized spacial score (nSPS) is 14.3. The first-order valence-corrected chi connectivity index (χ1v) is 9.36. The molecule has 1 aliphatic rings. The first-order valence-electron chi connectivity index (χ1n) is 8.37. The fraction of sp³-hybridized carbons (Fsp3) is 0.412. The van der Waals surface area contributed by atoms with E-state index in [2.05, 4.69) is 10.2 Å². The zero-order valence-corrected chi connectivity index (χ0v) is 15.3.